The predicted molar refractivity (Wildman–Crippen MR) is 49.0 cm³/mol. The van der Waals surface area contributed by atoms with E-state index < -0.39 is 0 Å². The number of aryl methyl sites for hydroxylation is 1. The van der Waals surface area contributed by atoms with E-state index in [0.717, 1.165) is 5.82 Å². The average Bonchev–Trinajstić information content (AvgIpc) is 2.34. The lowest BCUT2D eigenvalue weighted by atomic mass is 10.4. The molecule has 0 aliphatic heterocycles. The molecule has 1 aromatic rings. The molecule has 1 heterocycles. The summed E-state index contributed by atoms with van der Waals surface area (Å²) in [7, 11) is 3.64. The van der Waals surface area contributed by atoms with Crippen molar-refractivity contribution < 1.29 is 4.74 Å². The Morgan fingerprint density at radius 3 is 2.64 bits per heavy atom. The zero-order chi connectivity index (χ0) is 7.56. The molecule has 0 aliphatic carbocycles. The number of nitrogens with zero attached hydrogens (tertiary/aromatic N) is 2. The lowest BCUT2D eigenvalue weighted by Gasteiger charge is -2.07. The van der Waals surface area contributed by atoms with Gasteiger partial charge >= 0.3 is 0 Å². The first-order valence-corrected chi connectivity index (χ1v) is 3.25. The summed E-state index contributed by atoms with van der Waals surface area (Å²) in [6, 6.07) is 0. The predicted octanol–water partition coefficient (Wildman–Crippen LogP) is 1.71. The van der Waals surface area contributed by atoms with Crippen molar-refractivity contribution in [3.63, 3.8) is 0 Å². The zero-order valence-electron chi connectivity index (χ0n) is 6.94. The van der Waals surface area contributed by atoms with Crippen LogP contribution in [0, 0.1) is 0 Å². The van der Waals surface area contributed by atoms with Gasteiger partial charge in [-0.15, -0.1) is 17.0 Å². The summed E-state index contributed by atoms with van der Waals surface area (Å²) in [6.07, 6.45) is 3.76. The minimum absolute atomic E-state index is 0. The number of halogens is 1. The maximum absolute atomic E-state index is 5.09. The number of imidazole rings is 1. The second-order valence-corrected chi connectivity index (χ2v) is 2.27. The normalized spacial score (nSPS) is 12.3. The van der Waals surface area contributed by atoms with Gasteiger partial charge in [0.1, 0.15) is 11.9 Å². The average molecular weight is 221 g/mol. The summed E-state index contributed by atoms with van der Waals surface area (Å²) < 4.78 is 7.04. The Bertz CT molecular complexity index is 212. The van der Waals surface area contributed by atoms with Gasteiger partial charge in [0.05, 0.1) is 0 Å². The first kappa shape index (κ1) is 10.7. The third-order valence-electron chi connectivity index (χ3n) is 1.58. The van der Waals surface area contributed by atoms with Gasteiger partial charge in [-0.1, -0.05) is 0 Å². The molecule has 0 bridgehead atoms. The Balaban J connectivity index is 0.000001000. The maximum Gasteiger partial charge on any atom is 0.137 e. The van der Waals surface area contributed by atoms with Crippen molar-refractivity contribution in [2.75, 3.05) is 7.11 Å². The lowest BCUT2D eigenvalue weighted by molar-refractivity contribution is 0.109. The van der Waals surface area contributed by atoms with Crippen LogP contribution in [0.1, 0.15) is 18.9 Å². The van der Waals surface area contributed by atoms with Crippen molar-refractivity contribution in [1.82, 2.24) is 9.55 Å². The summed E-state index contributed by atoms with van der Waals surface area (Å²) in [5.74, 6) is 0.961. The molecule has 11 heavy (non-hydrogen) atoms. The van der Waals surface area contributed by atoms with Gasteiger partial charge in [0, 0.05) is 26.6 Å². The summed E-state index contributed by atoms with van der Waals surface area (Å²) in [4.78, 5) is 4.12. The van der Waals surface area contributed by atoms with Gasteiger partial charge in [-0.05, 0) is 6.92 Å². The number of aromatic nitrogens is 2. The summed E-state index contributed by atoms with van der Waals surface area (Å²) in [5.41, 5.74) is 0. The number of ether oxygens (including phenoxy) is 1. The van der Waals surface area contributed by atoms with Crippen molar-refractivity contribution in [1.29, 1.82) is 0 Å². The highest BCUT2D eigenvalue weighted by molar-refractivity contribution is 8.93. The molecular formula is C7H13BrN2O. The van der Waals surface area contributed by atoms with Gasteiger partial charge in [-0.3, -0.25) is 0 Å². The number of hydrogen-bond acceptors (Lipinski definition) is 2. The van der Waals surface area contributed by atoms with Crippen molar-refractivity contribution in [3.05, 3.63) is 18.2 Å². The fourth-order valence-electron chi connectivity index (χ4n) is 0.874. The lowest BCUT2D eigenvalue weighted by Crippen LogP contribution is -2.03. The van der Waals surface area contributed by atoms with Crippen molar-refractivity contribution in [2.45, 2.75) is 13.0 Å². The summed E-state index contributed by atoms with van der Waals surface area (Å²) in [5, 5.41) is 0. The van der Waals surface area contributed by atoms with Crippen LogP contribution in [0.5, 0.6) is 0 Å². The van der Waals surface area contributed by atoms with E-state index in [0.29, 0.717) is 0 Å². The topological polar surface area (TPSA) is 27.1 Å². The molecule has 0 spiro atoms. The van der Waals surface area contributed by atoms with Gasteiger partial charge < -0.3 is 9.30 Å². The number of methoxy groups -OCH3 is 1. The zero-order valence-corrected chi connectivity index (χ0v) is 8.66. The molecule has 0 saturated heterocycles. The van der Waals surface area contributed by atoms with Gasteiger partial charge in [0.25, 0.3) is 0 Å². The Morgan fingerprint density at radius 2 is 2.27 bits per heavy atom. The summed E-state index contributed by atoms with van der Waals surface area (Å²) in [6.45, 7) is 1.97. The standard InChI is InChI=1S/C7H12N2O.BrH/c1-6(10-3)7-8-4-5-9(7)2;/h4-6H,1-3H3;1H. The minimum atomic E-state index is 0. The number of hydrogen-bond donors (Lipinski definition) is 0. The molecule has 64 valence electrons. The van der Waals surface area contributed by atoms with E-state index in [1.54, 1.807) is 13.3 Å². The molecule has 0 fully saturated rings. The van der Waals surface area contributed by atoms with Crippen LogP contribution >= 0.6 is 17.0 Å². The van der Waals surface area contributed by atoms with Gasteiger partial charge in [-0.2, -0.15) is 0 Å². The molecule has 0 N–H and O–H groups in total. The highest BCUT2D eigenvalue weighted by atomic mass is 79.9. The van der Waals surface area contributed by atoms with E-state index in [-0.39, 0.29) is 23.1 Å². The van der Waals surface area contributed by atoms with E-state index in [9.17, 15) is 0 Å². The molecule has 1 aromatic heterocycles. The largest absolute Gasteiger partial charge is 0.374 e. The minimum Gasteiger partial charge on any atom is -0.374 e. The van der Waals surface area contributed by atoms with Gasteiger partial charge in [0.15, 0.2) is 0 Å². The first-order chi connectivity index (χ1) is 4.75. The van der Waals surface area contributed by atoms with Crippen LogP contribution in [0.2, 0.25) is 0 Å². The molecule has 0 saturated carbocycles. The third kappa shape index (κ3) is 2.31. The van der Waals surface area contributed by atoms with E-state index in [1.807, 2.05) is 24.7 Å². The van der Waals surface area contributed by atoms with Crippen LogP contribution in [0.3, 0.4) is 0 Å². The molecule has 1 unspecified atom stereocenters. The first-order valence-electron chi connectivity index (χ1n) is 3.25. The van der Waals surface area contributed by atoms with Gasteiger partial charge in [-0.25, -0.2) is 4.98 Å². The molecule has 0 aliphatic rings. The SMILES string of the molecule is Br.COC(C)c1nccn1C. The second-order valence-electron chi connectivity index (χ2n) is 2.27. The highest BCUT2D eigenvalue weighted by Gasteiger charge is 2.06. The Morgan fingerprint density at radius 1 is 1.64 bits per heavy atom. The van der Waals surface area contributed by atoms with E-state index in [4.69, 9.17) is 4.74 Å². The van der Waals surface area contributed by atoms with Crippen molar-refractivity contribution in [2.24, 2.45) is 7.05 Å². The molecule has 1 rings (SSSR count). The van der Waals surface area contributed by atoms with Crippen LogP contribution in [0.15, 0.2) is 12.4 Å². The fourth-order valence-corrected chi connectivity index (χ4v) is 0.874. The quantitative estimate of drug-likeness (QED) is 0.760. The van der Waals surface area contributed by atoms with Crippen LogP contribution < -0.4 is 0 Å². The van der Waals surface area contributed by atoms with Crippen LogP contribution in [0.4, 0.5) is 0 Å². The Kier molecular flexibility index (Phi) is 4.37. The Hall–Kier alpha value is -0.350. The van der Waals surface area contributed by atoms with Crippen molar-refractivity contribution in [3.8, 4) is 0 Å². The molecule has 0 radical (unpaired) electrons. The second kappa shape index (κ2) is 4.51. The van der Waals surface area contributed by atoms with Crippen LogP contribution in [0.25, 0.3) is 0 Å². The van der Waals surface area contributed by atoms with Crippen LogP contribution in [-0.2, 0) is 11.8 Å². The molecule has 0 aromatic carbocycles. The van der Waals surface area contributed by atoms with E-state index in [2.05, 4.69) is 4.98 Å². The third-order valence-corrected chi connectivity index (χ3v) is 1.58. The van der Waals surface area contributed by atoms with E-state index >= 15 is 0 Å². The molecule has 3 nitrogen and oxygen atoms in total. The molecule has 0 amide bonds. The van der Waals surface area contributed by atoms with Crippen LogP contribution in [-0.4, -0.2) is 16.7 Å². The highest BCUT2D eigenvalue weighted by Crippen LogP contribution is 2.10. The smallest absolute Gasteiger partial charge is 0.137 e. The molecular weight excluding hydrogens is 208 g/mol. The monoisotopic (exact) mass is 220 g/mol. The van der Waals surface area contributed by atoms with E-state index in [1.165, 1.54) is 0 Å². The summed E-state index contributed by atoms with van der Waals surface area (Å²) >= 11 is 0. The van der Waals surface area contributed by atoms with Crippen molar-refractivity contribution >= 4 is 17.0 Å². The van der Waals surface area contributed by atoms with Gasteiger partial charge in [0.2, 0.25) is 0 Å². The Labute approximate surface area is 77.2 Å². The molecule has 4 heteroatoms. The molecule has 1 atom stereocenters. The fraction of sp³-hybridized carbons (Fsp3) is 0.571. The maximum atomic E-state index is 5.09. The number of rotatable bonds is 2.